The van der Waals surface area contributed by atoms with Crippen LogP contribution < -0.4 is 0 Å². The molecule has 0 spiro atoms. The molecule has 1 amide bonds. The third kappa shape index (κ3) is 4.55. The van der Waals surface area contributed by atoms with E-state index in [0.29, 0.717) is 5.02 Å². The molecular formula is C19H18ClFN2O3S. The zero-order chi connectivity index (χ0) is 19.4. The van der Waals surface area contributed by atoms with Gasteiger partial charge in [-0.3, -0.25) is 4.79 Å². The average Bonchev–Trinajstić information content (AvgIpc) is 2.67. The van der Waals surface area contributed by atoms with Crippen LogP contribution in [0.2, 0.25) is 5.02 Å². The van der Waals surface area contributed by atoms with Gasteiger partial charge in [-0.15, -0.1) is 0 Å². The first-order valence-corrected chi connectivity index (χ1v) is 10.2. The number of carbonyl (C=O) groups is 1. The van der Waals surface area contributed by atoms with Gasteiger partial charge in [0, 0.05) is 37.3 Å². The Morgan fingerprint density at radius 2 is 1.74 bits per heavy atom. The highest BCUT2D eigenvalue weighted by Crippen LogP contribution is 2.19. The molecule has 0 N–H and O–H groups in total. The van der Waals surface area contributed by atoms with Gasteiger partial charge < -0.3 is 4.90 Å². The summed E-state index contributed by atoms with van der Waals surface area (Å²) in [5.41, 5.74) is 0.736. The number of hydrogen-bond acceptors (Lipinski definition) is 3. The topological polar surface area (TPSA) is 57.7 Å². The quantitative estimate of drug-likeness (QED) is 0.731. The molecular weight excluding hydrogens is 391 g/mol. The van der Waals surface area contributed by atoms with Crippen LogP contribution in [0.5, 0.6) is 0 Å². The van der Waals surface area contributed by atoms with E-state index in [1.54, 1.807) is 29.2 Å². The third-order valence-electron chi connectivity index (χ3n) is 4.29. The van der Waals surface area contributed by atoms with Crippen molar-refractivity contribution in [1.29, 1.82) is 0 Å². The monoisotopic (exact) mass is 408 g/mol. The van der Waals surface area contributed by atoms with E-state index in [1.165, 1.54) is 28.6 Å². The summed E-state index contributed by atoms with van der Waals surface area (Å²) >= 11 is 6.06. The van der Waals surface area contributed by atoms with Gasteiger partial charge in [-0.2, -0.15) is 4.31 Å². The Bertz CT molecular complexity index is 970. The number of piperazine rings is 1. The first kappa shape index (κ1) is 19.5. The highest BCUT2D eigenvalue weighted by atomic mass is 35.5. The Kier molecular flexibility index (Phi) is 5.94. The molecule has 1 heterocycles. The molecule has 0 saturated carbocycles. The van der Waals surface area contributed by atoms with Crippen LogP contribution in [0.1, 0.15) is 5.56 Å². The van der Waals surface area contributed by atoms with E-state index in [-0.39, 0.29) is 37.0 Å². The van der Waals surface area contributed by atoms with E-state index in [2.05, 4.69) is 0 Å². The fraction of sp³-hybridized carbons (Fsp3) is 0.211. The lowest BCUT2D eigenvalue weighted by Gasteiger charge is -2.33. The zero-order valence-electron chi connectivity index (χ0n) is 14.4. The molecule has 1 saturated heterocycles. The molecule has 0 radical (unpaired) electrons. The summed E-state index contributed by atoms with van der Waals surface area (Å²) in [6.07, 6.45) is 3.07. The second-order valence-corrected chi connectivity index (χ2v) is 8.39. The Morgan fingerprint density at radius 1 is 1.04 bits per heavy atom. The van der Waals surface area contributed by atoms with Gasteiger partial charge in [-0.05, 0) is 35.9 Å². The highest BCUT2D eigenvalue weighted by molar-refractivity contribution is 7.89. The molecule has 2 aromatic carbocycles. The van der Waals surface area contributed by atoms with E-state index in [0.717, 1.165) is 11.6 Å². The molecule has 1 aliphatic heterocycles. The van der Waals surface area contributed by atoms with Gasteiger partial charge in [0.1, 0.15) is 5.82 Å². The maximum Gasteiger partial charge on any atom is 0.246 e. The Hall–Kier alpha value is -2.22. The van der Waals surface area contributed by atoms with Gasteiger partial charge in [0.25, 0.3) is 0 Å². The number of hydrogen-bond donors (Lipinski definition) is 0. The number of sulfonamides is 1. The molecule has 0 bridgehead atoms. The standard InChI is InChI=1S/C19H18ClFN2O3S/c20-18-7-2-1-4-15(18)8-9-19(24)22-10-12-23(13-11-22)27(25,26)17-6-3-5-16(21)14-17/h1-9,14H,10-13H2. The van der Waals surface area contributed by atoms with Gasteiger partial charge in [0.2, 0.25) is 15.9 Å². The third-order valence-corrected chi connectivity index (χ3v) is 6.53. The maximum atomic E-state index is 13.3. The lowest BCUT2D eigenvalue weighted by atomic mass is 10.2. The largest absolute Gasteiger partial charge is 0.337 e. The van der Waals surface area contributed by atoms with Gasteiger partial charge in [-0.1, -0.05) is 35.9 Å². The predicted octanol–water partition coefficient (Wildman–Crippen LogP) is 3.03. The van der Waals surface area contributed by atoms with E-state index in [1.807, 2.05) is 6.07 Å². The maximum absolute atomic E-state index is 13.3. The minimum absolute atomic E-state index is 0.0825. The fourth-order valence-corrected chi connectivity index (χ4v) is 4.46. The molecule has 27 heavy (non-hydrogen) atoms. The summed E-state index contributed by atoms with van der Waals surface area (Å²) in [5, 5.41) is 0.549. The Balaban J connectivity index is 1.63. The van der Waals surface area contributed by atoms with Gasteiger partial charge in [0.15, 0.2) is 0 Å². The number of benzene rings is 2. The Labute approximate surface area is 162 Å². The van der Waals surface area contributed by atoms with Crippen LogP contribution in [0.3, 0.4) is 0 Å². The SMILES string of the molecule is O=C(C=Cc1ccccc1Cl)N1CCN(S(=O)(=O)c2cccc(F)c2)CC1. The van der Waals surface area contributed by atoms with Gasteiger partial charge in [0.05, 0.1) is 4.90 Å². The number of rotatable bonds is 4. The van der Waals surface area contributed by atoms with Crippen LogP contribution in [-0.4, -0.2) is 49.7 Å². The molecule has 0 aromatic heterocycles. The van der Waals surface area contributed by atoms with Crippen molar-refractivity contribution in [1.82, 2.24) is 9.21 Å². The average molecular weight is 409 g/mol. The minimum Gasteiger partial charge on any atom is -0.337 e. The lowest BCUT2D eigenvalue weighted by molar-refractivity contribution is -0.127. The van der Waals surface area contributed by atoms with Gasteiger partial charge >= 0.3 is 0 Å². The molecule has 2 aromatic rings. The van der Waals surface area contributed by atoms with Crippen molar-refractivity contribution in [3.8, 4) is 0 Å². The second kappa shape index (κ2) is 8.21. The number of halogens is 2. The van der Waals surface area contributed by atoms with E-state index >= 15 is 0 Å². The molecule has 0 unspecified atom stereocenters. The zero-order valence-corrected chi connectivity index (χ0v) is 16.0. The van der Waals surface area contributed by atoms with Crippen molar-refractivity contribution in [2.75, 3.05) is 26.2 Å². The lowest BCUT2D eigenvalue weighted by Crippen LogP contribution is -2.50. The van der Waals surface area contributed by atoms with Crippen molar-refractivity contribution in [3.63, 3.8) is 0 Å². The van der Waals surface area contributed by atoms with E-state index in [4.69, 9.17) is 11.6 Å². The Morgan fingerprint density at radius 3 is 2.41 bits per heavy atom. The van der Waals surface area contributed by atoms with Crippen LogP contribution in [0, 0.1) is 5.82 Å². The predicted molar refractivity (Wildman–Crippen MR) is 102 cm³/mol. The van der Waals surface area contributed by atoms with Crippen molar-refractivity contribution in [2.45, 2.75) is 4.90 Å². The fourth-order valence-electron chi connectivity index (χ4n) is 2.80. The van der Waals surface area contributed by atoms with Crippen LogP contribution in [0.4, 0.5) is 4.39 Å². The van der Waals surface area contributed by atoms with Crippen LogP contribution in [0.25, 0.3) is 6.08 Å². The molecule has 1 fully saturated rings. The minimum atomic E-state index is -3.77. The molecule has 3 rings (SSSR count). The smallest absolute Gasteiger partial charge is 0.246 e. The number of nitrogens with zero attached hydrogens (tertiary/aromatic N) is 2. The van der Waals surface area contributed by atoms with Crippen molar-refractivity contribution >= 4 is 33.6 Å². The van der Waals surface area contributed by atoms with E-state index in [9.17, 15) is 17.6 Å². The van der Waals surface area contributed by atoms with Crippen molar-refractivity contribution in [2.24, 2.45) is 0 Å². The van der Waals surface area contributed by atoms with Crippen LogP contribution in [0.15, 0.2) is 59.5 Å². The number of amides is 1. The molecule has 5 nitrogen and oxygen atoms in total. The van der Waals surface area contributed by atoms with Crippen molar-refractivity contribution < 1.29 is 17.6 Å². The normalized spacial score (nSPS) is 16.0. The molecule has 142 valence electrons. The van der Waals surface area contributed by atoms with Crippen LogP contribution in [-0.2, 0) is 14.8 Å². The highest BCUT2D eigenvalue weighted by Gasteiger charge is 2.29. The summed E-state index contributed by atoms with van der Waals surface area (Å²) < 4.78 is 39.8. The molecule has 8 heteroatoms. The first-order valence-electron chi connectivity index (χ1n) is 8.35. The van der Waals surface area contributed by atoms with Gasteiger partial charge in [-0.25, -0.2) is 12.8 Å². The summed E-state index contributed by atoms with van der Waals surface area (Å²) in [4.78, 5) is 13.8. The summed E-state index contributed by atoms with van der Waals surface area (Å²) in [7, 11) is -3.77. The van der Waals surface area contributed by atoms with Crippen molar-refractivity contribution in [3.05, 3.63) is 71.0 Å². The summed E-state index contributed by atoms with van der Waals surface area (Å²) in [6, 6.07) is 12.1. The summed E-state index contributed by atoms with van der Waals surface area (Å²) in [6.45, 7) is 0.843. The second-order valence-electron chi connectivity index (χ2n) is 6.04. The first-order chi connectivity index (χ1) is 12.9. The molecule has 1 aliphatic rings. The molecule has 0 atom stereocenters. The van der Waals surface area contributed by atoms with E-state index < -0.39 is 15.8 Å². The molecule has 0 aliphatic carbocycles. The number of carbonyl (C=O) groups excluding carboxylic acids is 1. The van der Waals surface area contributed by atoms with Crippen LogP contribution >= 0.6 is 11.6 Å². The summed E-state index contributed by atoms with van der Waals surface area (Å²) in [5.74, 6) is -0.813.